The van der Waals surface area contributed by atoms with E-state index in [1.54, 1.807) is 0 Å². The van der Waals surface area contributed by atoms with Crippen LogP contribution < -0.4 is 0 Å². The van der Waals surface area contributed by atoms with Crippen LogP contribution in [0.3, 0.4) is 0 Å². The van der Waals surface area contributed by atoms with Crippen LogP contribution >= 0.6 is 0 Å². The largest absolute Gasteiger partial charge is 0.388 e. The first kappa shape index (κ1) is 15.4. The van der Waals surface area contributed by atoms with Crippen LogP contribution in [0.15, 0.2) is 0 Å². The second kappa shape index (κ2) is 6.75. The Bertz CT molecular complexity index is 525. The lowest BCUT2D eigenvalue weighted by molar-refractivity contribution is -0.139. The van der Waals surface area contributed by atoms with Gasteiger partial charge in [0.2, 0.25) is 5.91 Å². The van der Waals surface area contributed by atoms with Crippen LogP contribution in [0.2, 0.25) is 0 Å². The molecule has 1 N–H and O–H groups in total. The van der Waals surface area contributed by atoms with Crippen LogP contribution in [-0.2, 0) is 23.2 Å². The molecule has 7 nitrogen and oxygen atoms in total. The zero-order valence-electron chi connectivity index (χ0n) is 13.1. The fourth-order valence-corrected chi connectivity index (χ4v) is 3.46. The number of amides is 1. The lowest BCUT2D eigenvalue weighted by atomic mass is 9.93. The van der Waals surface area contributed by atoms with E-state index in [9.17, 15) is 9.90 Å². The molecule has 2 saturated heterocycles. The Labute approximate surface area is 130 Å². The van der Waals surface area contributed by atoms with Gasteiger partial charge in [-0.15, -0.1) is 10.2 Å². The lowest BCUT2D eigenvalue weighted by Gasteiger charge is -2.35. The summed E-state index contributed by atoms with van der Waals surface area (Å²) in [5, 5.41) is 17.5. The van der Waals surface area contributed by atoms with Crippen molar-refractivity contribution in [3.8, 4) is 0 Å². The molecule has 0 aliphatic carbocycles. The summed E-state index contributed by atoms with van der Waals surface area (Å²) in [5.74, 6) is 2.02. The SMILES string of the molecule is Cn1c(CO)nnc1[C@@H]1CCCN(C(=O)C2CCOCC2)C1. The van der Waals surface area contributed by atoms with Gasteiger partial charge in [-0.1, -0.05) is 0 Å². The zero-order valence-corrected chi connectivity index (χ0v) is 13.1. The summed E-state index contributed by atoms with van der Waals surface area (Å²) in [5.41, 5.74) is 0. The molecule has 0 unspecified atom stereocenters. The quantitative estimate of drug-likeness (QED) is 0.876. The van der Waals surface area contributed by atoms with Crippen molar-refractivity contribution in [1.29, 1.82) is 0 Å². The summed E-state index contributed by atoms with van der Waals surface area (Å²) in [6, 6.07) is 0. The number of aromatic nitrogens is 3. The molecule has 0 spiro atoms. The summed E-state index contributed by atoms with van der Waals surface area (Å²) in [6.45, 7) is 2.81. The first-order valence-electron chi connectivity index (χ1n) is 8.06. The van der Waals surface area contributed by atoms with Crippen LogP contribution in [-0.4, -0.2) is 57.0 Å². The van der Waals surface area contributed by atoms with Crippen molar-refractivity contribution >= 4 is 5.91 Å². The van der Waals surface area contributed by atoms with E-state index < -0.39 is 0 Å². The molecule has 3 heterocycles. The third-order valence-electron chi connectivity index (χ3n) is 4.81. The van der Waals surface area contributed by atoms with Crippen molar-refractivity contribution in [1.82, 2.24) is 19.7 Å². The van der Waals surface area contributed by atoms with E-state index in [1.165, 1.54) is 0 Å². The summed E-state index contributed by atoms with van der Waals surface area (Å²) < 4.78 is 7.20. The molecule has 1 amide bonds. The molecule has 2 aliphatic rings. The van der Waals surface area contributed by atoms with Crippen molar-refractivity contribution in [3.63, 3.8) is 0 Å². The van der Waals surface area contributed by atoms with Crippen molar-refractivity contribution in [3.05, 3.63) is 11.6 Å². The second-order valence-electron chi connectivity index (χ2n) is 6.20. The minimum absolute atomic E-state index is 0.110. The Morgan fingerprint density at radius 2 is 2.09 bits per heavy atom. The van der Waals surface area contributed by atoms with Gasteiger partial charge in [0.15, 0.2) is 5.82 Å². The Balaban J connectivity index is 1.68. The Morgan fingerprint density at radius 1 is 1.32 bits per heavy atom. The Kier molecular flexibility index (Phi) is 4.73. The number of carbonyl (C=O) groups excluding carboxylic acids is 1. The summed E-state index contributed by atoms with van der Waals surface area (Å²) in [4.78, 5) is 14.6. The number of rotatable bonds is 3. The highest BCUT2D eigenvalue weighted by Gasteiger charge is 2.32. The Morgan fingerprint density at radius 3 is 2.77 bits per heavy atom. The third-order valence-corrected chi connectivity index (χ3v) is 4.81. The van der Waals surface area contributed by atoms with Gasteiger partial charge in [-0.2, -0.15) is 0 Å². The van der Waals surface area contributed by atoms with E-state index in [0.29, 0.717) is 25.6 Å². The van der Waals surface area contributed by atoms with Gasteiger partial charge in [0.1, 0.15) is 12.4 Å². The average Bonchev–Trinajstić information content (AvgIpc) is 2.96. The van der Waals surface area contributed by atoms with Gasteiger partial charge >= 0.3 is 0 Å². The summed E-state index contributed by atoms with van der Waals surface area (Å²) in [6.07, 6.45) is 3.66. The van der Waals surface area contributed by atoms with E-state index in [1.807, 2.05) is 16.5 Å². The summed E-state index contributed by atoms with van der Waals surface area (Å²) in [7, 11) is 1.88. The molecule has 2 aliphatic heterocycles. The maximum Gasteiger partial charge on any atom is 0.225 e. The molecule has 1 aromatic heterocycles. The van der Waals surface area contributed by atoms with Crippen LogP contribution in [0.5, 0.6) is 0 Å². The van der Waals surface area contributed by atoms with Gasteiger partial charge in [0.05, 0.1) is 0 Å². The van der Waals surface area contributed by atoms with E-state index in [-0.39, 0.29) is 24.3 Å². The second-order valence-corrected chi connectivity index (χ2v) is 6.20. The molecule has 0 aromatic carbocycles. The van der Waals surface area contributed by atoms with Gasteiger partial charge in [-0.3, -0.25) is 4.79 Å². The van der Waals surface area contributed by atoms with Gasteiger partial charge < -0.3 is 19.3 Å². The highest BCUT2D eigenvalue weighted by Crippen LogP contribution is 2.28. The lowest BCUT2D eigenvalue weighted by Crippen LogP contribution is -2.44. The zero-order chi connectivity index (χ0) is 15.5. The molecule has 7 heteroatoms. The van der Waals surface area contributed by atoms with Gasteiger partial charge in [-0.05, 0) is 25.7 Å². The van der Waals surface area contributed by atoms with Gasteiger partial charge in [0.25, 0.3) is 0 Å². The number of likely N-dealkylation sites (tertiary alicyclic amines) is 1. The molecule has 1 aromatic rings. The van der Waals surface area contributed by atoms with Crippen molar-refractivity contribution < 1.29 is 14.6 Å². The molecule has 122 valence electrons. The average molecular weight is 308 g/mol. The summed E-state index contributed by atoms with van der Waals surface area (Å²) >= 11 is 0. The highest BCUT2D eigenvalue weighted by molar-refractivity contribution is 5.79. The number of aliphatic hydroxyl groups is 1. The molecule has 2 fully saturated rings. The van der Waals surface area contributed by atoms with E-state index in [4.69, 9.17) is 4.74 Å². The van der Waals surface area contributed by atoms with Crippen molar-refractivity contribution in [2.45, 2.75) is 38.2 Å². The van der Waals surface area contributed by atoms with Gasteiger partial charge in [-0.25, -0.2) is 0 Å². The molecule has 0 bridgehead atoms. The number of carbonyl (C=O) groups is 1. The maximum absolute atomic E-state index is 12.7. The van der Waals surface area contributed by atoms with Crippen LogP contribution in [0.4, 0.5) is 0 Å². The smallest absolute Gasteiger partial charge is 0.225 e. The maximum atomic E-state index is 12.7. The molecule has 1 atom stereocenters. The van der Waals surface area contributed by atoms with E-state index in [0.717, 1.165) is 38.1 Å². The standard InChI is InChI=1S/C15H24N4O3/c1-18-13(10-20)16-17-14(18)12-3-2-6-19(9-12)15(21)11-4-7-22-8-5-11/h11-12,20H,2-10H2,1H3/t12-/m1/s1. The molecule has 22 heavy (non-hydrogen) atoms. The first-order valence-corrected chi connectivity index (χ1v) is 8.06. The number of aliphatic hydroxyl groups excluding tert-OH is 1. The molecular formula is C15H24N4O3. The van der Waals surface area contributed by atoms with Crippen LogP contribution in [0.1, 0.15) is 43.3 Å². The highest BCUT2D eigenvalue weighted by atomic mass is 16.5. The third kappa shape index (κ3) is 3.01. The number of nitrogens with zero attached hydrogens (tertiary/aromatic N) is 4. The van der Waals surface area contributed by atoms with Gasteiger partial charge in [0, 0.05) is 45.2 Å². The van der Waals surface area contributed by atoms with Crippen LogP contribution in [0.25, 0.3) is 0 Å². The van der Waals surface area contributed by atoms with Crippen molar-refractivity contribution in [2.75, 3.05) is 26.3 Å². The number of ether oxygens (including phenoxy) is 1. The molecule has 0 saturated carbocycles. The first-order chi connectivity index (χ1) is 10.7. The number of hydrogen-bond acceptors (Lipinski definition) is 5. The predicted octanol–water partition coefficient (Wildman–Crippen LogP) is 0.440. The molecular weight excluding hydrogens is 284 g/mol. The van der Waals surface area contributed by atoms with Crippen LogP contribution in [0, 0.1) is 5.92 Å². The molecule has 3 rings (SSSR count). The fourth-order valence-electron chi connectivity index (χ4n) is 3.46. The molecule has 0 radical (unpaired) electrons. The predicted molar refractivity (Wildman–Crippen MR) is 79.0 cm³/mol. The normalized spacial score (nSPS) is 23.7. The van der Waals surface area contributed by atoms with Crippen molar-refractivity contribution in [2.24, 2.45) is 13.0 Å². The topological polar surface area (TPSA) is 80.5 Å². The van der Waals surface area contributed by atoms with E-state index in [2.05, 4.69) is 10.2 Å². The van der Waals surface area contributed by atoms with E-state index >= 15 is 0 Å². The Hall–Kier alpha value is -1.47. The number of piperidine rings is 1. The minimum Gasteiger partial charge on any atom is -0.388 e. The fraction of sp³-hybridized carbons (Fsp3) is 0.800. The monoisotopic (exact) mass is 308 g/mol. The number of hydrogen-bond donors (Lipinski definition) is 1. The minimum atomic E-state index is -0.110.